The molecular formula is C20H16N6. The molecule has 0 saturated heterocycles. The predicted molar refractivity (Wildman–Crippen MR) is 105 cm³/mol. The third-order valence-corrected chi connectivity index (χ3v) is 4.35. The zero-order valence-electron chi connectivity index (χ0n) is 13.8. The van der Waals surface area contributed by atoms with Gasteiger partial charge in [0.2, 0.25) is 0 Å². The number of nitrogens with zero attached hydrogens (tertiary/aromatic N) is 2. The second-order valence-corrected chi connectivity index (χ2v) is 6.26. The molecule has 3 aliphatic rings. The van der Waals surface area contributed by atoms with Crippen molar-refractivity contribution in [1.82, 2.24) is 15.3 Å². The number of rotatable bonds is 0. The zero-order chi connectivity index (χ0) is 17.5. The molecule has 0 radical (unpaired) electrons. The molecule has 0 aliphatic carbocycles. The van der Waals surface area contributed by atoms with E-state index in [2.05, 4.69) is 25.4 Å². The molecule has 5 heterocycles. The van der Waals surface area contributed by atoms with Gasteiger partial charge in [0.15, 0.2) is 0 Å². The van der Waals surface area contributed by atoms with Gasteiger partial charge < -0.3 is 21.1 Å². The van der Waals surface area contributed by atoms with Gasteiger partial charge in [-0.2, -0.15) is 5.10 Å². The third-order valence-electron chi connectivity index (χ3n) is 4.35. The Labute approximate surface area is 149 Å². The number of aliphatic imine (C=N–C) groups is 1. The van der Waals surface area contributed by atoms with Gasteiger partial charge in [-0.3, -0.25) is 0 Å². The van der Waals surface area contributed by atoms with Crippen molar-refractivity contribution in [1.29, 1.82) is 0 Å². The van der Waals surface area contributed by atoms with Crippen molar-refractivity contribution in [3.8, 4) is 0 Å². The molecule has 0 saturated carbocycles. The van der Waals surface area contributed by atoms with E-state index in [1.807, 2.05) is 66.8 Å². The highest BCUT2D eigenvalue weighted by atomic mass is 15.1. The van der Waals surface area contributed by atoms with E-state index in [1.165, 1.54) is 0 Å². The van der Waals surface area contributed by atoms with Gasteiger partial charge in [0.25, 0.3) is 0 Å². The average Bonchev–Trinajstić information content (AvgIpc) is 3.39. The maximum absolute atomic E-state index is 5.55. The van der Waals surface area contributed by atoms with E-state index in [0.717, 1.165) is 44.9 Å². The molecule has 6 nitrogen and oxygen atoms in total. The van der Waals surface area contributed by atoms with Crippen LogP contribution < -0.4 is 21.9 Å². The highest BCUT2D eigenvalue weighted by Crippen LogP contribution is 2.18. The maximum Gasteiger partial charge on any atom is 0.108 e. The van der Waals surface area contributed by atoms with Crippen molar-refractivity contribution in [2.45, 2.75) is 0 Å². The molecule has 0 atom stereocenters. The van der Waals surface area contributed by atoms with Crippen LogP contribution in [0.3, 0.4) is 0 Å². The number of allylic oxidation sites excluding steroid dienone is 4. The molecule has 0 amide bonds. The fourth-order valence-corrected chi connectivity index (χ4v) is 3.17. The molecule has 0 fully saturated rings. The van der Waals surface area contributed by atoms with E-state index in [0.29, 0.717) is 5.71 Å². The van der Waals surface area contributed by atoms with Crippen LogP contribution in [0.2, 0.25) is 0 Å². The minimum atomic E-state index is 0.709. The average molecular weight is 340 g/mol. The summed E-state index contributed by atoms with van der Waals surface area (Å²) in [4.78, 5) is 11.4. The van der Waals surface area contributed by atoms with Crippen LogP contribution >= 0.6 is 0 Å². The van der Waals surface area contributed by atoms with Gasteiger partial charge in [-0.15, -0.1) is 0 Å². The summed E-state index contributed by atoms with van der Waals surface area (Å²) in [5, 5.41) is 9.22. The molecule has 0 aromatic carbocycles. The van der Waals surface area contributed by atoms with Gasteiger partial charge in [0.05, 0.1) is 17.1 Å². The largest absolute Gasteiger partial charge is 0.355 e. The molecule has 5 N–H and O–H groups in total. The summed E-state index contributed by atoms with van der Waals surface area (Å²) in [7, 11) is 0. The molecular weight excluding hydrogens is 324 g/mol. The first kappa shape index (κ1) is 14.5. The number of H-pyrrole nitrogens is 2. The summed E-state index contributed by atoms with van der Waals surface area (Å²) >= 11 is 0. The van der Waals surface area contributed by atoms with Crippen LogP contribution in [0.25, 0.3) is 24.3 Å². The Morgan fingerprint density at radius 1 is 0.808 bits per heavy atom. The molecule has 26 heavy (non-hydrogen) atoms. The molecule has 5 rings (SSSR count). The number of fused-ring (bicyclic) bond motifs is 7. The second-order valence-electron chi connectivity index (χ2n) is 6.26. The zero-order valence-corrected chi connectivity index (χ0v) is 13.8. The van der Waals surface area contributed by atoms with E-state index in [1.54, 1.807) is 0 Å². The van der Waals surface area contributed by atoms with Crippen LogP contribution in [0, 0.1) is 0 Å². The van der Waals surface area contributed by atoms with E-state index >= 15 is 0 Å². The van der Waals surface area contributed by atoms with Gasteiger partial charge in [0, 0.05) is 27.8 Å². The normalized spacial score (nSPS) is 19.2. The lowest BCUT2D eigenvalue weighted by Crippen LogP contribution is -2.14. The van der Waals surface area contributed by atoms with Crippen LogP contribution in [0.1, 0.15) is 11.4 Å². The Kier molecular flexibility index (Phi) is 3.15. The van der Waals surface area contributed by atoms with Gasteiger partial charge in [-0.05, 0) is 66.8 Å². The molecule has 0 unspecified atom stereocenters. The number of hydrogen-bond acceptors (Lipinski definition) is 4. The topological polar surface area (TPSA) is 94.3 Å². The van der Waals surface area contributed by atoms with Crippen molar-refractivity contribution in [2.24, 2.45) is 15.9 Å². The first-order chi connectivity index (χ1) is 12.7. The molecule has 0 spiro atoms. The van der Waals surface area contributed by atoms with E-state index in [4.69, 9.17) is 5.84 Å². The van der Waals surface area contributed by atoms with E-state index in [9.17, 15) is 0 Å². The van der Waals surface area contributed by atoms with E-state index < -0.39 is 0 Å². The molecule has 8 bridgehead atoms. The number of hydrogen-bond donors (Lipinski definition) is 4. The van der Waals surface area contributed by atoms with Crippen molar-refractivity contribution >= 4 is 35.7 Å². The van der Waals surface area contributed by atoms with Crippen LogP contribution in [-0.2, 0) is 0 Å². The minimum Gasteiger partial charge on any atom is -0.355 e. The number of hydrazone groups is 1. The SMILES string of the molecule is NN=C1C=C2C=c3ccc([nH]3)=CC3=NC(=Cc4ccc([nH]4)C=C1N2)C=C3. The van der Waals surface area contributed by atoms with Crippen molar-refractivity contribution in [3.63, 3.8) is 0 Å². The Morgan fingerprint density at radius 3 is 2.46 bits per heavy atom. The van der Waals surface area contributed by atoms with Crippen LogP contribution in [0.15, 0.2) is 69.7 Å². The van der Waals surface area contributed by atoms with Gasteiger partial charge in [0.1, 0.15) is 5.71 Å². The Bertz CT molecular complexity index is 1210. The summed E-state index contributed by atoms with van der Waals surface area (Å²) in [6.07, 6.45) is 14.0. The molecule has 2 aromatic heterocycles. The quantitative estimate of drug-likeness (QED) is 0.427. The highest BCUT2D eigenvalue weighted by Gasteiger charge is 2.15. The van der Waals surface area contributed by atoms with Gasteiger partial charge in [-0.1, -0.05) is 0 Å². The van der Waals surface area contributed by atoms with Crippen LogP contribution in [0.4, 0.5) is 0 Å². The molecule has 3 aliphatic heterocycles. The van der Waals surface area contributed by atoms with Crippen molar-refractivity contribution in [2.75, 3.05) is 0 Å². The number of nitrogens with two attached hydrogens (primary N) is 1. The third kappa shape index (κ3) is 2.63. The smallest absolute Gasteiger partial charge is 0.108 e. The van der Waals surface area contributed by atoms with Gasteiger partial charge in [-0.25, -0.2) is 4.99 Å². The van der Waals surface area contributed by atoms with Crippen LogP contribution in [0.5, 0.6) is 0 Å². The standard InChI is InChI=1S/C20H16N6/c21-26-20-11-18-9-16-4-3-14(23-16)7-12-1-2-13(22-12)8-15-5-6-17(24-15)10-19(20)25-18/h1-11,23-25H,21H2. The van der Waals surface area contributed by atoms with Crippen LogP contribution in [-0.4, -0.2) is 21.4 Å². The van der Waals surface area contributed by atoms with Gasteiger partial charge >= 0.3 is 0 Å². The fraction of sp³-hybridized carbons (Fsp3) is 0. The lowest BCUT2D eigenvalue weighted by Gasteiger charge is -2.01. The van der Waals surface area contributed by atoms with Crippen molar-refractivity contribution < 1.29 is 0 Å². The summed E-state index contributed by atoms with van der Waals surface area (Å²) < 4.78 is 0. The molecule has 6 heteroatoms. The summed E-state index contributed by atoms with van der Waals surface area (Å²) in [6.45, 7) is 0. The second kappa shape index (κ2) is 5.63. The minimum absolute atomic E-state index is 0.709. The summed E-state index contributed by atoms with van der Waals surface area (Å²) in [5.74, 6) is 5.55. The Morgan fingerprint density at radius 2 is 1.62 bits per heavy atom. The number of aromatic amines is 2. The maximum atomic E-state index is 5.55. The number of nitrogens with one attached hydrogen (secondary N) is 3. The summed E-state index contributed by atoms with van der Waals surface area (Å²) in [6, 6.07) is 8.10. The molecule has 126 valence electrons. The lowest BCUT2D eigenvalue weighted by molar-refractivity contribution is 1.11. The van der Waals surface area contributed by atoms with E-state index in [-0.39, 0.29) is 0 Å². The molecule has 2 aromatic rings. The number of aromatic nitrogens is 2. The summed E-state index contributed by atoms with van der Waals surface area (Å²) in [5.41, 5.74) is 6.26. The first-order valence-corrected chi connectivity index (χ1v) is 8.30. The Balaban J connectivity index is 1.71. The lowest BCUT2D eigenvalue weighted by atomic mass is 10.2. The fourth-order valence-electron chi connectivity index (χ4n) is 3.17. The Hall–Kier alpha value is -3.80. The highest BCUT2D eigenvalue weighted by molar-refractivity contribution is 6.19. The monoisotopic (exact) mass is 340 g/mol. The van der Waals surface area contributed by atoms with Crippen molar-refractivity contribution in [3.05, 3.63) is 81.7 Å². The first-order valence-electron chi connectivity index (χ1n) is 8.30. The predicted octanol–water partition coefficient (Wildman–Crippen LogP) is 1.11.